The van der Waals surface area contributed by atoms with Crippen molar-refractivity contribution < 1.29 is 0 Å². The largest absolute Gasteiger partial charge is 0.335 e. The number of amidine groups is 1. The van der Waals surface area contributed by atoms with Gasteiger partial charge in [0, 0.05) is 11.4 Å². The first-order valence-electron chi connectivity index (χ1n) is 7.74. The van der Waals surface area contributed by atoms with E-state index in [9.17, 15) is 0 Å². The lowest BCUT2D eigenvalue weighted by Crippen LogP contribution is -2.30. The van der Waals surface area contributed by atoms with Crippen LogP contribution in [0.4, 0.5) is 5.69 Å². The van der Waals surface area contributed by atoms with Crippen LogP contribution in [0.5, 0.6) is 0 Å². The highest BCUT2D eigenvalue weighted by Crippen LogP contribution is 2.31. The molecule has 1 aromatic carbocycles. The Balaban J connectivity index is 2.09. The molecule has 0 amide bonds. The summed E-state index contributed by atoms with van der Waals surface area (Å²) >= 11 is 1.83. The predicted octanol–water partition coefficient (Wildman–Crippen LogP) is 5.30. The van der Waals surface area contributed by atoms with Crippen molar-refractivity contribution in [3.05, 3.63) is 29.8 Å². The van der Waals surface area contributed by atoms with Gasteiger partial charge in [-0.3, -0.25) is 4.99 Å². The molecule has 1 aliphatic rings. The van der Waals surface area contributed by atoms with Crippen LogP contribution in [0, 0.1) is 5.41 Å². The van der Waals surface area contributed by atoms with Gasteiger partial charge in [-0.05, 0) is 34.9 Å². The molecule has 1 N–H and O–H groups in total. The molecule has 0 saturated carbocycles. The van der Waals surface area contributed by atoms with Gasteiger partial charge < -0.3 is 5.32 Å². The number of thioether (sulfide) groups is 1. The number of hydrogen-bond acceptors (Lipinski definition) is 3. The van der Waals surface area contributed by atoms with Gasteiger partial charge in [-0.15, -0.1) is 0 Å². The van der Waals surface area contributed by atoms with Crippen molar-refractivity contribution in [1.29, 1.82) is 0 Å². The molecule has 1 heterocycles. The van der Waals surface area contributed by atoms with E-state index in [4.69, 9.17) is 4.99 Å². The highest BCUT2D eigenvalue weighted by atomic mass is 32.2. The molecule has 1 aromatic rings. The van der Waals surface area contributed by atoms with Gasteiger partial charge in [0.15, 0.2) is 5.17 Å². The lowest BCUT2D eigenvalue weighted by atomic mass is 9.85. The summed E-state index contributed by atoms with van der Waals surface area (Å²) in [6.45, 7) is 13.5. The molecule has 116 valence electrons. The van der Waals surface area contributed by atoms with Gasteiger partial charge in [-0.2, -0.15) is 0 Å². The maximum Gasteiger partial charge on any atom is 0.161 e. The minimum atomic E-state index is 0.201. The number of aliphatic imine (C=N–C) groups is 1. The molecule has 0 bridgehead atoms. The minimum Gasteiger partial charge on any atom is -0.335 e. The van der Waals surface area contributed by atoms with Crippen molar-refractivity contribution in [2.24, 2.45) is 10.4 Å². The Kier molecular flexibility index (Phi) is 4.72. The van der Waals surface area contributed by atoms with Crippen molar-refractivity contribution in [2.45, 2.75) is 59.4 Å². The minimum absolute atomic E-state index is 0.201. The number of benzene rings is 1. The van der Waals surface area contributed by atoms with Crippen LogP contribution in [0.1, 0.15) is 53.5 Å². The second kappa shape index (κ2) is 6.04. The lowest BCUT2D eigenvalue weighted by molar-refractivity contribution is 0.316. The van der Waals surface area contributed by atoms with E-state index in [1.165, 1.54) is 12.0 Å². The van der Waals surface area contributed by atoms with Crippen LogP contribution < -0.4 is 5.32 Å². The number of nitrogens with one attached hydrogen (secondary N) is 1. The molecule has 0 radical (unpaired) electrons. The first kappa shape index (κ1) is 16.4. The monoisotopic (exact) mass is 304 g/mol. The quantitative estimate of drug-likeness (QED) is 0.761. The maximum absolute atomic E-state index is 4.89. The maximum atomic E-state index is 4.89. The second-order valence-electron chi connectivity index (χ2n) is 7.91. The van der Waals surface area contributed by atoms with Gasteiger partial charge in [0.1, 0.15) is 0 Å². The van der Waals surface area contributed by atoms with Crippen LogP contribution in [0.2, 0.25) is 0 Å². The second-order valence-corrected chi connectivity index (χ2v) is 8.99. The molecular weight excluding hydrogens is 276 g/mol. The number of rotatable bonds is 1. The fourth-order valence-electron chi connectivity index (χ4n) is 2.38. The third-order valence-corrected chi connectivity index (χ3v) is 4.83. The summed E-state index contributed by atoms with van der Waals surface area (Å²) in [4.78, 5) is 4.89. The van der Waals surface area contributed by atoms with Crippen molar-refractivity contribution in [1.82, 2.24) is 0 Å². The molecular formula is C18H28N2S. The van der Waals surface area contributed by atoms with Gasteiger partial charge in [0.05, 0.1) is 6.04 Å². The van der Waals surface area contributed by atoms with Crippen LogP contribution in [0.25, 0.3) is 0 Å². The van der Waals surface area contributed by atoms with Crippen LogP contribution in [0.15, 0.2) is 29.3 Å². The molecule has 2 nitrogen and oxygen atoms in total. The summed E-state index contributed by atoms with van der Waals surface area (Å²) in [5.74, 6) is 1.15. The molecule has 0 fully saturated rings. The normalized spacial score (nSPS) is 20.1. The smallest absolute Gasteiger partial charge is 0.161 e. The first-order valence-corrected chi connectivity index (χ1v) is 8.73. The topological polar surface area (TPSA) is 24.4 Å². The Morgan fingerprint density at radius 2 is 1.67 bits per heavy atom. The van der Waals surface area contributed by atoms with E-state index in [1.54, 1.807) is 0 Å². The molecule has 2 rings (SSSR count). The van der Waals surface area contributed by atoms with Crippen molar-refractivity contribution >= 4 is 22.6 Å². The van der Waals surface area contributed by atoms with E-state index in [0.717, 1.165) is 16.6 Å². The summed E-state index contributed by atoms with van der Waals surface area (Å²) in [6.07, 6.45) is 1.17. The Hall–Kier alpha value is -0.960. The third-order valence-electron chi connectivity index (χ3n) is 3.91. The molecule has 21 heavy (non-hydrogen) atoms. The van der Waals surface area contributed by atoms with Gasteiger partial charge in [0.2, 0.25) is 0 Å². The van der Waals surface area contributed by atoms with Gasteiger partial charge in [-0.25, -0.2) is 0 Å². The molecule has 0 aromatic heterocycles. The molecule has 1 unspecified atom stereocenters. The number of hydrogen-bond donors (Lipinski definition) is 1. The van der Waals surface area contributed by atoms with E-state index < -0.39 is 0 Å². The molecule has 1 aliphatic heterocycles. The first-order chi connectivity index (χ1) is 9.66. The third kappa shape index (κ3) is 4.50. The Morgan fingerprint density at radius 3 is 2.19 bits per heavy atom. The average Bonchev–Trinajstić information content (AvgIpc) is 2.37. The molecule has 0 saturated heterocycles. The Bertz CT molecular complexity index is 504. The van der Waals surface area contributed by atoms with Gasteiger partial charge >= 0.3 is 0 Å². The van der Waals surface area contributed by atoms with Crippen LogP contribution in [-0.4, -0.2) is 17.0 Å². The number of anilines is 1. The zero-order valence-electron chi connectivity index (χ0n) is 14.2. The van der Waals surface area contributed by atoms with Gasteiger partial charge in [0.25, 0.3) is 0 Å². The van der Waals surface area contributed by atoms with E-state index in [-0.39, 0.29) is 10.8 Å². The summed E-state index contributed by atoms with van der Waals surface area (Å²) in [7, 11) is 0. The molecule has 0 aliphatic carbocycles. The standard InChI is InChI=1S/C18H28N2S/c1-17(2,3)13-7-9-14(10-8-13)19-16-20-15(11-12-21-16)18(4,5)6/h7-10,15H,11-12H2,1-6H3,(H,19,20). The van der Waals surface area contributed by atoms with Crippen molar-refractivity contribution in [3.63, 3.8) is 0 Å². The van der Waals surface area contributed by atoms with Crippen molar-refractivity contribution in [3.8, 4) is 0 Å². The van der Waals surface area contributed by atoms with Gasteiger partial charge in [-0.1, -0.05) is 65.4 Å². The summed E-state index contributed by atoms with van der Waals surface area (Å²) in [6, 6.07) is 9.14. The predicted molar refractivity (Wildman–Crippen MR) is 96.5 cm³/mol. The zero-order chi connectivity index (χ0) is 15.7. The molecule has 3 heteroatoms. The lowest BCUT2D eigenvalue weighted by Gasteiger charge is -2.31. The highest BCUT2D eigenvalue weighted by Gasteiger charge is 2.27. The van der Waals surface area contributed by atoms with E-state index in [1.807, 2.05) is 11.8 Å². The van der Waals surface area contributed by atoms with Crippen LogP contribution in [0.3, 0.4) is 0 Å². The fourth-order valence-corrected chi connectivity index (χ4v) is 3.31. The summed E-state index contributed by atoms with van der Waals surface area (Å²) < 4.78 is 0. The average molecular weight is 305 g/mol. The summed E-state index contributed by atoms with van der Waals surface area (Å²) in [5.41, 5.74) is 2.93. The fraction of sp³-hybridized carbons (Fsp3) is 0.611. The Labute approximate surface area is 133 Å². The number of nitrogens with zero attached hydrogens (tertiary/aromatic N) is 1. The van der Waals surface area contributed by atoms with E-state index in [2.05, 4.69) is 71.1 Å². The Morgan fingerprint density at radius 1 is 1.05 bits per heavy atom. The van der Waals surface area contributed by atoms with E-state index in [0.29, 0.717) is 6.04 Å². The molecule has 0 spiro atoms. The van der Waals surface area contributed by atoms with Crippen LogP contribution in [-0.2, 0) is 5.41 Å². The van der Waals surface area contributed by atoms with Crippen molar-refractivity contribution in [2.75, 3.05) is 11.1 Å². The summed E-state index contributed by atoms with van der Waals surface area (Å²) in [5, 5.41) is 4.53. The van der Waals surface area contributed by atoms with Crippen LogP contribution >= 0.6 is 11.8 Å². The SMILES string of the molecule is CC(C)(C)c1ccc(NC2=NC(C(C)(C)C)CCS2)cc1. The zero-order valence-corrected chi connectivity index (χ0v) is 15.0. The molecule has 1 atom stereocenters. The van der Waals surface area contributed by atoms with E-state index >= 15 is 0 Å². The highest BCUT2D eigenvalue weighted by molar-refractivity contribution is 8.14.